The van der Waals surface area contributed by atoms with Crippen molar-refractivity contribution in [2.45, 2.75) is 39.0 Å². The Morgan fingerprint density at radius 1 is 1.07 bits per heavy atom. The van der Waals surface area contributed by atoms with E-state index in [9.17, 15) is 9.59 Å². The van der Waals surface area contributed by atoms with E-state index in [0.29, 0.717) is 10.4 Å². The smallest absolute Gasteiger partial charge is 0.307 e. The van der Waals surface area contributed by atoms with Crippen molar-refractivity contribution in [3.8, 4) is 0 Å². The van der Waals surface area contributed by atoms with Crippen LogP contribution in [0.1, 0.15) is 55.1 Å². The molecule has 0 spiro atoms. The van der Waals surface area contributed by atoms with E-state index in [1.165, 1.54) is 6.42 Å². The third-order valence-electron chi connectivity index (χ3n) is 4.67. The molecule has 0 atom stereocenters. The molecule has 142 valence electrons. The zero-order valence-corrected chi connectivity index (χ0v) is 16.7. The normalized spacial score (nSPS) is 15.4. The molecule has 1 aromatic carbocycles. The number of benzene rings is 1. The first-order valence-electron chi connectivity index (χ1n) is 9.04. The molecule has 1 aliphatic rings. The molecule has 2 N–H and O–H groups in total. The number of carbonyl (C=O) groups excluding carboxylic acids is 2. The van der Waals surface area contributed by atoms with Gasteiger partial charge in [-0.25, -0.2) is 5.43 Å². The van der Waals surface area contributed by atoms with Gasteiger partial charge in [-0.2, -0.15) is 5.10 Å². The average Bonchev–Trinajstić information content (AvgIpc) is 3.13. The molecule has 0 saturated heterocycles. The second kappa shape index (κ2) is 8.99. The van der Waals surface area contributed by atoms with Gasteiger partial charge < -0.3 is 9.73 Å². The van der Waals surface area contributed by atoms with E-state index >= 15 is 0 Å². The van der Waals surface area contributed by atoms with Gasteiger partial charge in [0.2, 0.25) is 5.91 Å². The summed E-state index contributed by atoms with van der Waals surface area (Å²) in [6.07, 6.45) is 5.44. The molecule has 0 unspecified atom stereocenters. The van der Waals surface area contributed by atoms with Gasteiger partial charge in [-0.05, 0) is 65.5 Å². The molecular formula is C20H22BrN3O3. The Balaban J connectivity index is 1.57. The fraction of sp³-hybridized carbons (Fsp3) is 0.350. The van der Waals surface area contributed by atoms with E-state index in [0.717, 1.165) is 36.9 Å². The zero-order chi connectivity index (χ0) is 19.2. The van der Waals surface area contributed by atoms with E-state index in [2.05, 4.69) is 31.8 Å². The number of amides is 2. The molecule has 0 bridgehead atoms. The van der Waals surface area contributed by atoms with Crippen LogP contribution in [0, 0.1) is 5.92 Å². The molecule has 1 aliphatic carbocycles. The molecule has 2 aromatic rings. The predicted octanol–water partition coefficient (Wildman–Crippen LogP) is 4.71. The van der Waals surface area contributed by atoms with Crippen molar-refractivity contribution in [3.05, 3.63) is 52.4 Å². The minimum atomic E-state index is -0.420. The lowest BCUT2D eigenvalue weighted by Gasteiger charge is -2.20. The second-order valence-electron chi connectivity index (χ2n) is 6.64. The van der Waals surface area contributed by atoms with Gasteiger partial charge >= 0.3 is 5.91 Å². The van der Waals surface area contributed by atoms with Crippen molar-refractivity contribution in [3.63, 3.8) is 0 Å². The van der Waals surface area contributed by atoms with Crippen molar-refractivity contribution in [2.75, 3.05) is 5.32 Å². The van der Waals surface area contributed by atoms with Gasteiger partial charge in [-0.1, -0.05) is 31.4 Å². The highest BCUT2D eigenvalue weighted by Crippen LogP contribution is 2.25. The van der Waals surface area contributed by atoms with E-state index in [4.69, 9.17) is 4.42 Å². The van der Waals surface area contributed by atoms with Gasteiger partial charge in [0.1, 0.15) is 0 Å². The molecule has 1 saturated carbocycles. The molecular weight excluding hydrogens is 410 g/mol. The number of hydrogen-bond acceptors (Lipinski definition) is 4. The number of hydrogen-bond donors (Lipinski definition) is 2. The molecule has 1 heterocycles. The number of carbonyl (C=O) groups is 2. The van der Waals surface area contributed by atoms with E-state index in [1.54, 1.807) is 19.1 Å². The van der Waals surface area contributed by atoms with Crippen LogP contribution in [0.2, 0.25) is 0 Å². The van der Waals surface area contributed by atoms with Crippen LogP contribution in [-0.4, -0.2) is 17.5 Å². The maximum atomic E-state index is 12.3. The standard InChI is InChI=1S/C20H22BrN3O3/c1-13(23-24-20(26)17-11-12-18(21)27-17)14-7-9-16(10-8-14)22-19(25)15-5-3-2-4-6-15/h7-12,15H,2-6H2,1H3,(H,22,25)(H,24,26). The van der Waals surface area contributed by atoms with Crippen molar-refractivity contribution in [1.29, 1.82) is 0 Å². The SMILES string of the molecule is CC(=NNC(=O)c1ccc(Br)o1)c1ccc(NC(=O)C2CCCCC2)cc1. The number of anilines is 1. The lowest BCUT2D eigenvalue weighted by molar-refractivity contribution is -0.120. The van der Waals surface area contributed by atoms with Crippen LogP contribution in [0.25, 0.3) is 0 Å². The first-order valence-corrected chi connectivity index (χ1v) is 9.83. The maximum absolute atomic E-state index is 12.3. The van der Waals surface area contributed by atoms with Gasteiger partial charge in [-0.15, -0.1) is 0 Å². The quantitative estimate of drug-likeness (QED) is 0.530. The molecule has 7 heteroatoms. The van der Waals surface area contributed by atoms with Crippen molar-refractivity contribution >= 4 is 39.1 Å². The topological polar surface area (TPSA) is 83.7 Å². The first-order chi connectivity index (χ1) is 13.0. The van der Waals surface area contributed by atoms with Crippen LogP contribution in [0.15, 0.2) is 50.6 Å². The maximum Gasteiger partial charge on any atom is 0.307 e. The number of hydrazone groups is 1. The van der Waals surface area contributed by atoms with Gasteiger partial charge in [-0.3, -0.25) is 9.59 Å². The summed E-state index contributed by atoms with van der Waals surface area (Å²) in [6.45, 7) is 1.80. The molecule has 2 amide bonds. The van der Waals surface area contributed by atoms with Gasteiger partial charge in [0, 0.05) is 11.6 Å². The fourth-order valence-electron chi connectivity index (χ4n) is 3.09. The van der Waals surface area contributed by atoms with Crippen molar-refractivity contribution in [1.82, 2.24) is 5.43 Å². The van der Waals surface area contributed by atoms with E-state index in [-0.39, 0.29) is 17.6 Å². The number of halogens is 1. The van der Waals surface area contributed by atoms with Crippen LogP contribution in [0.5, 0.6) is 0 Å². The Morgan fingerprint density at radius 2 is 1.78 bits per heavy atom. The summed E-state index contributed by atoms with van der Waals surface area (Å²) in [6, 6.07) is 10.6. The largest absolute Gasteiger partial charge is 0.444 e. The average molecular weight is 432 g/mol. The minimum Gasteiger partial charge on any atom is -0.444 e. The van der Waals surface area contributed by atoms with Gasteiger partial charge in [0.25, 0.3) is 0 Å². The number of nitrogens with zero attached hydrogens (tertiary/aromatic N) is 1. The summed E-state index contributed by atoms with van der Waals surface area (Å²) in [5.41, 5.74) is 4.74. The van der Waals surface area contributed by atoms with E-state index < -0.39 is 5.91 Å². The van der Waals surface area contributed by atoms with Crippen LogP contribution in [0.4, 0.5) is 5.69 Å². The van der Waals surface area contributed by atoms with Crippen molar-refractivity contribution < 1.29 is 14.0 Å². The summed E-state index contributed by atoms with van der Waals surface area (Å²) in [7, 11) is 0. The Labute approximate surface area is 166 Å². The fourth-order valence-corrected chi connectivity index (χ4v) is 3.40. The number of furan rings is 1. The first kappa shape index (κ1) is 19.4. The molecule has 27 heavy (non-hydrogen) atoms. The van der Waals surface area contributed by atoms with Crippen molar-refractivity contribution in [2.24, 2.45) is 11.0 Å². The Kier molecular flexibility index (Phi) is 6.45. The second-order valence-corrected chi connectivity index (χ2v) is 7.43. The van der Waals surface area contributed by atoms with Crippen LogP contribution in [0.3, 0.4) is 0 Å². The summed E-state index contributed by atoms with van der Waals surface area (Å²) < 4.78 is 5.67. The highest BCUT2D eigenvalue weighted by atomic mass is 79.9. The Morgan fingerprint density at radius 3 is 2.41 bits per heavy atom. The predicted molar refractivity (Wildman–Crippen MR) is 108 cm³/mol. The Hall–Kier alpha value is -2.41. The number of nitrogens with one attached hydrogen (secondary N) is 2. The molecule has 3 rings (SSSR count). The van der Waals surface area contributed by atoms with Gasteiger partial charge in [0.15, 0.2) is 10.4 Å². The minimum absolute atomic E-state index is 0.102. The monoisotopic (exact) mass is 431 g/mol. The van der Waals surface area contributed by atoms with Crippen LogP contribution in [-0.2, 0) is 4.79 Å². The zero-order valence-electron chi connectivity index (χ0n) is 15.1. The summed E-state index contributed by atoms with van der Waals surface area (Å²) in [4.78, 5) is 24.2. The Bertz CT molecular complexity index is 836. The highest BCUT2D eigenvalue weighted by Gasteiger charge is 2.21. The molecule has 1 aromatic heterocycles. The summed E-state index contributed by atoms with van der Waals surface area (Å²) >= 11 is 3.15. The highest BCUT2D eigenvalue weighted by molar-refractivity contribution is 9.10. The molecule has 0 aliphatic heterocycles. The molecule has 6 nitrogen and oxygen atoms in total. The lowest BCUT2D eigenvalue weighted by atomic mass is 9.88. The third kappa shape index (κ3) is 5.29. The van der Waals surface area contributed by atoms with Gasteiger partial charge in [0.05, 0.1) is 5.71 Å². The molecule has 0 radical (unpaired) electrons. The lowest BCUT2D eigenvalue weighted by Crippen LogP contribution is -2.24. The summed E-state index contributed by atoms with van der Waals surface area (Å²) in [5.74, 6) is -0.0149. The summed E-state index contributed by atoms with van der Waals surface area (Å²) in [5, 5.41) is 7.08. The van der Waals surface area contributed by atoms with Crippen LogP contribution < -0.4 is 10.7 Å². The van der Waals surface area contributed by atoms with E-state index in [1.807, 2.05) is 24.3 Å². The third-order valence-corrected chi connectivity index (χ3v) is 5.09. The van der Waals surface area contributed by atoms with Crippen LogP contribution >= 0.6 is 15.9 Å². The molecule has 1 fully saturated rings. The number of rotatable bonds is 5.